The first-order valence-corrected chi connectivity index (χ1v) is 11.5. The number of thiophene rings is 1. The Hall–Kier alpha value is -3.49. The van der Waals surface area contributed by atoms with Gasteiger partial charge in [-0.2, -0.15) is 0 Å². The number of Topliss-reactive ketones (excluding diaryl/α,β-unsaturated/α-hetero) is 1. The summed E-state index contributed by atoms with van der Waals surface area (Å²) < 4.78 is 15.8. The van der Waals surface area contributed by atoms with Gasteiger partial charge >= 0.3 is 0 Å². The second kappa shape index (κ2) is 9.79. The average molecular weight is 500 g/mol. The topological polar surface area (TPSA) is 85.3 Å². The number of carbonyl (C=O) groups excluding carboxylic acids is 2. The number of aliphatic hydroxyl groups is 1. The summed E-state index contributed by atoms with van der Waals surface area (Å²) in [4.78, 5) is 28.6. The first kappa shape index (κ1) is 23.7. The molecular weight excluding hydrogens is 478 g/mol. The fourth-order valence-corrected chi connectivity index (χ4v) is 4.99. The van der Waals surface area contributed by atoms with Crippen molar-refractivity contribution in [2.45, 2.75) is 12.6 Å². The second-order valence-corrected chi connectivity index (χ2v) is 8.86. The third kappa shape index (κ3) is 4.22. The van der Waals surface area contributed by atoms with Crippen LogP contribution in [-0.2, 0) is 16.1 Å². The van der Waals surface area contributed by atoms with Crippen LogP contribution in [0.25, 0.3) is 5.76 Å². The molecule has 1 unspecified atom stereocenters. The van der Waals surface area contributed by atoms with E-state index in [1.165, 1.54) is 42.6 Å². The number of aliphatic hydroxyl groups excluding tert-OH is 1. The van der Waals surface area contributed by atoms with Gasteiger partial charge in [-0.15, -0.1) is 11.3 Å². The highest BCUT2D eigenvalue weighted by molar-refractivity contribution is 7.10. The van der Waals surface area contributed by atoms with E-state index in [0.717, 1.165) is 10.4 Å². The number of rotatable bonds is 7. The standard InChI is InChI=1S/C25H22ClNO6S/c1-31-15-8-6-14(7-9-15)13-27-22(20-5-4-10-34-20)21(24(29)25(27)30)23(28)16-11-17(26)19(33-3)12-18(16)32-2/h4-12,22,28H,13H2,1-3H3/b23-21-. The van der Waals surface area contributed by atoms with Crippen LogP contribution in [0.4, 0.5) is 0 Å². The number of amides is 1. The highest BCUT2D eigenvalue weighted by Crippen LogP contribution is 2.44. The van der Waals surface area contributed by atoms with Crippen LogP contribution in [0.5, 0.6) is 17.2 Å². The molecule has 2 heterocycles. The molecule has 0 aliphatic carbocycles. The predicted octanol–water partition coefficient (Wildman–Crippen LogP) is 5.05. The number of benzene rings is 2. The molecule has 1 fully saturated rings. The summed E-state index contributed by atoms with van der Waals surface area (Å²) in [6.07, 6.45) is 0. The minimum absolute atomic E-state index is 0.0273. The zero-order valence-corrected chi connectivity index (χ0v) is 20.3. The maximum Gasteiger partial charge on any atom is 0.295 e. The molecule has 9 heteroatoms. The number of ether oxygens (including phenoxy) is 3. The predicted molar refractivity (Wildman–Crippen MR) is 130 cm³/mol. The SMILES string of the molecule is COc1ccc(CN2C(=O)C(=O)/C(=C(\O)c3cc(Cl)c(OC)cc3OC)C2c2cccs2)cc1. The molecular formula is C25H22ClNO6S. The molecule has 0 saturated carbocycles. The third-order valence-corrected chi connectivity index (χ3v) is 6.81. The molecule has 1 aliphatic heterocycles. The summed E-state index contributed by atoms with van der Waals surface area (Å²) in [7, 11) is 4.46. The number of hydrogen-bond acceptors (Lipinski definition) is 7. The number of hydrogen-bond donors (Lipinski definition) is 1. The minimum atomic E-state index is -0.779. The lowest BCUT2D eigenvalue weighted by molar-refractivity contribution is -0.140. The molecule has 0 radical (unpaired) electrons. The molecule has 7 nitrogen and oxygen atoms in total. The van der Waals surface area contributed by atoms with Gasteiger partial charge in [-0.05, 0) is 35.2 Å². The van der Waals surface area contributed by atoms with Crippen molar-refractivity contribution in [3.63, 3.8) is 0 Å². The smallest absolute Gasteiger partial charge is 0.295 e. The molecule has 1 aliphatic rings. The highest BCUT2D eigenvalue weighted by Gasteiger charge is 2.46. The number of carbonyl (C=O) groups is 2. The molecule has 0 spiro atoms. The lowest BCUT2D eigenvalue weighted by atomic mass is 9.99. The zero-order valence-electron chi connectivity index (χ0n) is 18.7. The van der Waals surface area contributed by atoms with Gasteiger partial charge in [-0.1, -0.05) is 29.8 Å². The second-order valence-electron chi connectivity index (χ2n) is 7.48. The van der Waals surface area contributed by atoms with Crippen LogP contribution in [-0.4, -0.2) is 43.0 Å². The van der Waals surface area contributed by atoms with E-state index in [-0.39, 0.29) is 34.2 Å². The molecule has 1 amide bonds. The molecule has 3 aromatic rings. The van der Waals surface area contributed by atoms with E-state index in [4.69, 9.17) is 25.8 Å². The van der Waals surface area contributed by atoms with E-state index in [1.54, 1.807) is 19.2 Å². The Morgan fingerprint density at radius 3 is 2.32 bits per heavy atom. The van der Waals surface area contributed by atoms with Gasteiger partial charge in [0.25, 0.3) is 11.7 Å². The van der Waals surface area contributed by atoms with E-state index in [2.05, 4.69) is 0 Å². The van der Waals surface area contributed by atoms with Crippen LogP contribution in [0.2, 0.25) is 5.02 Å². The lowest BCUT2D eigenvalue weighted by Gasteiger charge is -2.24. The van der Waals surface area contributed by atoms with Gasteiger partial charge in [0.15, 0.2) is 0 Å². The number of halogens is 1. The summed E-state index contributed by atoms with van der Waals surface area (Å²) in [5.74, 6) is -0.554. The van der Waals surface area contributed by atoms with Crippen molar-refractivity contribution in [1.82, 2.24) is 4.90 Å². The van der Waals surface area contributed by atoms with Crippen LogP contribution < -0.4 is 14.2 Å². The Bertz CT molecular complexity index is 1250. The molecule has 0 bridgehead atoms. The van der Waals surface area contributed by atoms with E-state index in [9.17, 15) is 14.7 Å². The monoisotopic (exact) mass is 499 g/mol. The summed E-state index contributed by atoms with van der Waals surface area (Å²) in [5, 5.41) is 13.4. The first-order chi connectivity index (χ1) is 16.4. The van der Waals surface area contributed by atoms with Crippen molar-refractivity contribution in [3.05, 3.63) is 80.5 Å². The Morgan fingerprint density at radius 2 is 1.74 bits per heavy atom. The Labute approximate surface area is 205 Å². The van der Waals surface area contributed by atoms with Gasteiger partial charge in [-0.25, -0.2) is 0 Å². The number of likely N-dealkylation sites (tertiary alicyclic amines) is 1. The quantitative estimate of drug-likeness (QED) is 0.278. The molecule has 1 aromatic heterocycles. The molecule has 1 N–H and O–H groups in total. The van der Waals surface area contributed by atoms with E-state index in [1.807, 2.05) is 29.6 Å². The van der Waals surface area contributed by atoms with Crippen LogP contribution in [0.3, 0.4) is 0 Å². The van der Waals surface area contributed by atoms with Gasteiger partial charge in [0.2, 0.25) is 0 Å². The van der Waals surface area contributed by atoms with Crippen molar-refractivity contribution in [3.8, 4) is 17.2 Å². The fourth-order valence-electron chi connectivity index (χ4n) is 3.90. The summed E-state index contributed by atoms with van der Waals surface area (Å²) in [6, 6.07) is 13.1. The summed E-state index contributed by atoms with van der Waals surface area (Å²) >= 11 is 7.68. The Kier molecular flexibility index (Phi) is 6.81. The van der Waals surface area contributed by atoms with Crippen molar-refractivity contribution in [2.75, 3.05) is 21.3 Å². The van der Waals surface area contributed by atoms with Gasteiger partial charge in [-0.3, -0.25) is 9.59 Å². The normalized spacial score (nSPS) is 17.2. The van der Waals surface area contributed by atoms with Crippen molar-refractivity contribution < 1.29 is 28.9 Å². The molecule has 4 rings (SSSR count). The zero-order chi connectivity index (χ0) is 24.4. The van der Waals surface area contributed by atoms with Gasteiger partial charge < -0.3 is 24.2 Å². The first-order valence-electron chi connectivity index (χ1n) is 10.3. The van der Waals surface area contributed by atoms with Crippen molar-refractivity contribution in [1.29, 1.82) is 0 Å². The van der Waals surface area contributed by atoms with E-state index >= 15 is 0 Å². The Balaban J connectivity index is 1.84. The number of methoxy groups -OCH3 is 3. The van der Waals surface area contributed by atoms with E-state index in [0.29, 0.717) is 11.5 Å². The van der Waals surface area contributed by atoms with Gasteiger partial charge in [0, 0.05) is 17.5 Å². The van der Waals surface area contributed by atoms with Crippen LogP contribution >= 0.6 is 22.9 Å². The largest absolute Gasteiger partial charge is 0.507 e. The molecule has 2 aromatic carbocycles. The van der Waals surface area contributed by atoms with Crippen molar-refractivity contribution >= 4 is 40.4 Å². The van der Waals surface area contributed by atoms with Gasteiger partial charge in [0.05, 0.1) is 43.5 Å². The maximum atomic E-state index is 13.2. The summed E-state index contributed by atoms with van der Waals surface area (Å²) in [5.41, 5.74) is 0.979. The fraction of sp³-hybridized carbons (Fsp3) is 0.200. The molecule has 34 heavy (non-hydrogen) atoms. The van der Waals surface area contributed by atoms with Crippen molar-refractivity contribution in [2.24, 2.45) is 0 Å². The molecule has 176 valence electrons. The number of nitrogens with zero attached hydrogens (tertiary/aromatic N) is 1. The lowest BCUT2D eigenvalue weighted by Crippen LogP contribution is -2.28. The van der Waals surface area contributed by atoms with Crippen LogP contribution in [0, 0.1) is 0 Å². The minimum Gasteiger partial charge on any atom is -0.507 e. The van der Waals surface area contributed by atoms with E-state index < -0.39 is 17.7 Å². The van der Waals surface area contributed by atoms with Gasteiger partial charge in [0.1, 0.15) is 23.0 Å². The van der Waals surface area contributed by atoms with Crippen LogP contribution in [0.1, 0.15) is 22.0 Å². The Morgan fingerprint density at radius 1 is 1.03 bits per heavy atom. The third-order valence-electron chi connectivity index (χ3n) is 5.59. The average Bonchev–Trinajstić information content (AvgIpc) is 3.46. The highest BCUT2D eigenvalue weighted by atomic mass is 35.5. The maximum absolute atomic E-state index is 13.2. The number of ketones is 1. The van der Waals surface area contributed by atoms with Crippen LogP contribution in [0.15, 0.2) is 59.5 Å². The molecule has 1 atom stereocenters. The molecule has 1 saturated heterocycles. The summed E-state index contributed by atoms with van der Waals surface area (Å²) in [6.45, 7) is 0.175.